The molecule has 102 valence electrons. The molecular weight excluding hydrogens is 304 g/mol. The molecule has 0 bridgehead atoms. The van der Waals surface area contributed by atoms with E-state index in [2.05, 4.69) is 37.6 Å². The predicted octanol–water partition coefficient (Wildman–Crippen LogP) is 3.88. The maximum absolute atomic E-state index is 13.2. The van der Waals surface area contributed by atoms with Crippen LogP contribution in [0.25, 0.3) is 0 Å². The Kier molecular flexibility index (Phi) is 4.35. The second-order valence-electron chi connectivity index (χ2n) is 4.89. The maximum atomic E-state index is 13.2. The van der Waals surface area contributed by atoms with Gasteiger partial charge in [-0.2, -0.15) is 0 Å². The number of nitrogens with zero attached hydrogens (tertiary/aromatic N) is 3. The summed E-state index contributed by atoms with van der Waals surface area (Å²) in [6.45, 7) is 2.95. The Labute approximate surface area is 114 Å². The zero-order valence-electron chi connectivity index (χ0n) is 10.5. The molecule has 0 aromatic carbocycles. The Hall–Kier alpha value is -0.520. The summed E-state index contributed by atoms with van der Waals surface area (Å²) in [5.74, 6) is -0.563. The summed E-state index contributed by atoms with van der Waals surface area (Å²) in [7, 11) is 0. The highest BCUT2D eigenvalue weighted by Gasteiger charge is 2.37. The normalized spacial score (nSPS) is 20.2. The third kappa shape index (κ3) is 2.90. The Balaban J connectivity index is 2.16. The van der Waals surface area contributed by atoms with Crippen molar-refractivity contribution in [1.82, 2.24) is 14.8 Å². The van der Waals surface area contributed by atoms with Gasteiger partial charge in [0.2, 0.25) is 5.92 Å². The van der Waals surface area contributed by atoms with Crippen LogP contribution in [-0.2, 0) is 11.9 Å². The van der Waals surface area contributed by atoms with Crippen LogP contribution in [0.15, 0.2) is 0 Å². The number of rotatable bonds is 4. The van der Waals surface area contributed by atoms with Crippen LogP contribution >= 0.6 is 15.9 Å². The van der Waals surface area contributed by atoms with Gasteiger partial charge in [-0.1, -0.05) is 22.9 Å². The molecule has 18 heavy (non-hydrogen) atoms. The lowest BCUT2D eigenvalue weighted by Crippen LogP contribution is -2.25. The first-order chi connectivity index (χ1) is 8.57. The highest BCUT2D eigenvalue weighted by Crippen LogP contribution is 2.40. The van der Waals surface area contributed by atoms with Crippen molar-refractivity contribution in [1.29, 1.82) is 0 Å². The zero-order chi connectivity index (χ0) is 13.2. The van der Waals surface area contributed by atoms with Crippen LogP contribution in [0.5, 0.6) is 0 Å². The number of halogens is 3. The fraction of sp³-hybridized carbons (Fsp3) is 0.833. The monoisotopic (exact) mass is 321 g/mol. The number of hydrogen-bond donors (Lipinski definition) is 0. The molecule has 1 saturated carbocycles. The molecule has 0 N–H and O–H groups in total. The fourth-order valence-electron chi connectivity index (χ4n) is 2.52. The number of alkyl halides is 3. The van der Waals surface area contributed by atoms with Gasteiger partial charge in [0.25, 0.3) is 0 Å². The molecule has 6 heteroatoms. The van der Waals surface area contributed by atoms with Gasteiger partial charge in [-0.3, -0.25) is 0 Å². The lowest BCUT2D eigenvalue weighted by molar-refractivity contribution is -0.0390. The lowest BCUT2D eigenvalue weighted by atomic mass is 9.86. The summed E-state index contributed by atoms with van der Waals surface area (Å²) in [5.41, 5.74) is 0. The number of hydrogen-bond acceptors (Lipinski definition) is 2. The quantitative estimate of drug-likeness (QED) is 0.788. The minimum Gasteiger partial charge on any atom is -0.314 e. The smallest absolute Gasteiger partial charge is 0.248 e. The second-order valence-corrected chi connectivity index (χ2v) is 5.45. The summed E-state index contributed by atoms with van der Waals surface area (Å²) < 4.78 is 28.4. The molecule has 1 heterocycles. The van der Waals surface area contributed by atoms with Crippen LogP contribution in [0.1, 0.15) is 56.6 Å². The van der Waals surface area contributed by atoms with Crippen molar-refractivity contribution in [3.05, 3.63) is 11.6 Å². The molecular formula is C12H18BrF2N3. The molecule has 0 atom stereocenters. The van der Waals surface area contributed by atoms with Crippen molar-refractivity contribution in [3.63, 3.8) is 0 Å². The lowest BCUT2D eigenvalue weighted by Gasteiger charge is -2.27. The first-order valence-corrected chi connectivity index (χ1v) is 7.55. The van der Waals surface area contributed by atoms with E-state index in [-0.39, 0.29) is 18.8 Å². The van der Waals surface area contributed by atoms with Crippen molar-refractivity contribution >= 4 is 15.9 Å². The van der Waals surface area contributed by atoms with E-state index in [0.717, 1.165) is 24.6 Å². The molecule has 3 nitrogen and oxygen atoms in total. The highest BCUT2D eigenvalue weighted by molar-refractivity contribution is 9.08. The van der Waals surface area contributed by atoms with Gasteiger partial charge >= 0.3 is 0 Å². The van der Waals surface area contributed by atoms with Gasteiger partial charge in [0.1, 0.15) is 11.6 Å². The molecule has 1 aliphatic rings. The minimum absolute atomic E-state index is 0.0275. The number of aromatic nitrogens is 3. The van der Waals surface area contributed by atoms with Crippen LogP contribution in [-0.4, -0.2) is 20.7 Å². The average molecular weight is 322 g/mol. The van der Waals surface area contributed by atoms with Crippen molar-refractivity contribution in [2.75, 3.05) is 0 Å². The minimum atomic E-state index is -2.48. The van der Waals surface area contributed by atoms with Crippen molar-refractivity contribution in [2.24, 2.45) is 0 Å². The van der Waals surface area contributed by atoms with E-state index in [9.17, 15) is 8.78 Å². The van der Waals surface area contributed by atoms with Crippen LogP contribution in [0, 0.1) is 0 Å². The van der Waals surface area contributed by atoms with Gasteiger partial charge in [0.15, 0.2) is 0 Å². The Morgan fingerprint density at radius 2 is 2.00 bits per heavy atom. The molecule has 1 aromatic rings. The first-order valence-electron chi connectivity index (χ1n) is 6.43. The summed E-state index contributed by atoms with van der Waals surface area (Å²) in [6.07, 6.45) is 1.96. The molecule has 1 aliphatic carbocycles. The van der Waals surface area contributed by atoms with Crippen LogP contribution < -0.4 is 0 Å². The molecule has 1 fully saturated rings. The van der Waals surface area contributed by atoms with Crippen molar-refractivity contribution < 1.29 is 8.78 Å². The summed E-state index contributed by atoms with van der Waals surface area (Å²) in [4.78, 5) is 0. The Morgan fingerprint density at radius 1 is 1.33 bits per heavy atom. The van der Waals surface area contributed by atoms with Crippen molar-refractivity contribution in [2.45, 2.75) is 62.7 Å². The van der Waals surface area contributed by atoms with Gasteiger partial charge in [-0.05, 0) is 19.3 Å². The van der Waals surface area contributed by atoms with E-state index in [1.165, 1.54) is 0 Å². The SMILES string of the molecule is CCCn1c(CBr)nnc1C1CCC(F)(F)CC1. The zero-order valence-corrected chi connectivity index (χ0v) is 12.1. The maximum Gasteiger partial charge on any atom is 0.248 e. The van der Waals surface area contributed by atoms with E-state index in [1.54, 1.807) is 0 Å². The molecule has 0 aliphatic heterocycles. The molecule has 0 amide bonds. The van der Waals surface area contributed by atoms with E-state index >= 15 is 0 Å². The van der Waals surface area contributed by atoms with E-state index in [0.29, 0.717) is 18.2 Å². The third-order valence-electron chi connectivity index (χ3n) is 3.51. The molecule has 0 unspecified atom stereocenters. The van der Waals surface area contributed by atoms with Crippen molar-refractivity contribution in [3.8, 4) is 0 Å². The average Bonchev–Trinajstić information content (AvgIpc) is 2.73. The predicted molar refractivity (Wildman–Crippen MR) is 69.1 cm³/mol. The molecule has 0 radical (unpaired) electrons. The standard InChI is InChI=1S/C12H18BrF2N3/c1-2-7-18-10(8-13)16-17-11(18)9-3-5-12(14,15)6-4-9/h9H,2-8H2,1H3. The molecule has 0 spiro atoms. The largest absolute Gasteiger partial charge is 0.314 e. The van der Waals surface area contributed by atoms with E-state index in [1.807, 2.05) is 0 Å². The fourth-order valence-corrected chi connectivity index (χ4v) is 2.93. The van der Waals surface area contributed by atoms with Gasteiger partial charge < -0.3 is 4.57 Å². The summed E-state index contributed by atoms with van der Waals surface area (Å²) in [5, 5.41) is 9.01. The van der Waals surface area contributed by atoms with Gasteiger partial charge in [-0.15, -0.1) is 10.2 Å². The van der Waals surface area contributed by atoms with Crippen LogP contribution in [0.4, 0.5) is 8.78 Å². The van der Waals surface area contributed by atoms with Gasteiger partial charge in [0.05, 0.1) is 5.33 Å². The summed E-state index contributed by atoms with van der Waals surface area (Å²) >= 11 is 3.39. The molecule has 1 aromatic heterocycles. The van der Waals surface area contributed by atoms with E-state index in [4.69, 9.17) is 0 Å². The van der Waals surface area contributed by atoms with Crippen LogP contribution in [0.3, 0.4) is 0 Å². The Bertz CT molecular complexity index is 396. The first kappa shape index (κ1) is 13.9. The van der Waals surface area contributed by atoms with Crippen LogP contribution in [0.2, 0.25) is 0 Å². The topological polar surface area (TPSA) is 30.7 Å². The highest BCUT2D eigenvalue weighted by atomic mass is 79.9. The molecule has 0 saturated heterocycles. The summed E-state index contributed by atoms with van der Waals surface area (Å²) in [6, 6.07) is 0. The van der Waals surface area contributed by atoms with E-state index < -0.39 is 5.92 Å². The molecule has 2 rings (SSSR count). The van der Waals surface area contributed by atoms with Gasteiger partial charge in [0, 0.05) is 25.3 Å². The Morgan fingerprint density at radius 3 is 2.56 bits per heavy atom. The third-order valence-corrected chi connectivity index (χ3v) is 4.01. The van der Waals surface area contributed by atoms with Gasteiger partial charge in [-0.25, -0.2) is 8.78 Å². The second kappa shape index (κ2) is 5.63.